The van der Waals surface area contributed by atoms with Crippen LogP contribution in [0.3, 0.4) is 0 Å². The number of carboxylic acid groups (broad SMARTS) is 1. The van der Waals surface area contributed by atoms with Crippen molar-refractivity contribution in [3.8, 4) is 0 Å². The lowest BCUT2D eigenvalue weighted by Gasteiger charge is -1.95. The second-order valence-corrected chi connectivity index (χ2v) is 3.03. The summed E-state index contributed by atoms with van der Waals surface area (Å²) < 4.78 is 1.07. The van der Waals surface area contributed by atoms with E-state index in [4.69, 9.17) is 10.8 Å². The number of aromatic nitrogens is 4. The van der Waals surface area contributed by atoms with Gasteiger partial charge in [0.05, 0.1) is 11.6 Å². The van der Waals surface area contributed by atoms with Crippen molar-refractivity contribution < 1.29 is 14.7 Å². The van der Waals surface area contributed by atoms with E-state index < -0.39 is 18.4 Å². The molecule has 0 saturated carbocycles. The first-order valence-corrected chi connectivity index (χ1v) is 4.29. The van der Waals surface area contributed by atoms with Crippen LogP contribution in [0.15, 0.2) is 12.3 Å². The van der Waals surface area contributed by atoms with Gasteiger partial charge >= 0.3 is 5.97 Å². The van der Waals surface area contributed by atoms with Crippen molar-refractivity contribution in [2.45, 2.75) is 6.54 Å². The van der Waals surface area contributed by atoms with Crippen LogP contribution in [0.1, 0.15) is 10.5 Å². The molecule has 2 aromatic heterocycles. The van der Waals surface area contributed by atoms with Gasteiger partial charge < -0.3 is 10.8 Å². The molecule has 0 aliphatic carbocycles. The van der Waals surface area contributed by atoms with Crippen LogP contribution in [-0.2, 0) is 11.3 Å². The van der Waals surface area contributed by atoms with E-state index in [9.17, 15) is 9.59 Å². The van der Waals surface area contributed by atoms with Crippen LogP contribution in [0.5, 0.6) is 0 Å². The minimum Gasteiger partial charge on any atom is -0.480 e. The highest BCUT2D eigenvalue weighted by atomic mass is 16.4. The number of primary amides is 1. The molecule has 2 rings (SSSR count). The Bertz CT molecular complexity index is 576. The zero-order valence-corrected chi connectivity index (χ0v) is 7.99. The fraction of sp³-hybridized carbons (Fsp3) is 0.125. The Morgan fingerprint density at radius 2 is 2.25 bits per heavy atom. The molecule has 8 heteroatoms. The number of rotatable bonds is 3. The van der Waals surface area contributed by atoms with Crippen molar-refractivity contribution in [1.82, 2.24) is 20.0 Å². The lowest BCUT2D eigenvalue weighted by atomic mass is 10.3. The molecule has 0 fully saturated rings. The van der Waals surface area contributed by atoms with Crippen LogP contribution < -0.4 is 5.73 Å². The molecule has 0 aliphatic heterocycles. The Morgan fingerprint density at radius 1 is 1.50 bits per heavy atom. The largest absolute Gasteiger partial charge is 0.480 e. The first-order chi connectivity index (χ1) is 7.59. The molecule has 2 aromatic rings. The van der Waals surface area contributed by atoms with Crippen molar-refractivity contribution in [3.63, 3.8) is 0 Å². The van der Waals surface area contributed by atoms with Crippen LogP contribution in [0.2, 0.25) is 0 Å². The predicted molar refractivity (Wildman–Crippen MR) is 51.5 cm³/mol. The van der Waals surface area contributed by atoms with E-state index in [0.29, 0.717) is 5.39 Å². The zero-order valence-electron chi connectivity index (χ0n) is 7.99. The second kappa shape index (κ2) is 3.57. The van der Waals surface area contributed by atoms with Crippen molar-refractivity contribution in [1.29, 1.82) is 0 Å². The van der Waals surface area contributed by atoms with Crippen LogP contribution in [-0.4, -0.2) is 37.0 Å². The van der Waals surface area contributed by atoms with Gasteiger partial charge in [0.2, 0.25) is 0 Å². The van der Waals surface area contributed by atoms with Gasteiger partial charge in [0, 0.05) is 0 Å². The second-order valence-electron chi connectivity index (χ2n) is 3.03. The molecule has 3 N–H and O–H groups in total. The normalized spacial score (nSPS) is 10.5. The Hall–Kier alpha value is -2.51. The molecule has 0 saturated heterocycles. The summed E-state index contributed by atoms with van der Waals surface area (Å²) in [6.07, 6.45) is 1.38. The number of amides is 1. The lowest BCUT2D eigenvalue weighted by Crippen LogP contribution is -2.14. The van der Waals surface area contributed by atoms with Crippen molar-refractivity contribution in [2.75, 3.05) is 0 Å². The Morgan fingerprint density at radius 3 is 2.88 bits per heavy atom. The number of nitrogens with two attached hydrogens (primary N) is 1. The Balaban J connectivity index is 2.66. The summed E-state index contributed by atoms with van der Waals surface area (Å²) in [7, 11) is 0. The molecule has 0 spiro atoms. The first kappa shape index (κ1) is 10.0. The van der Waals surface area contributed by atoms with Crippen LogP contribution >= 0.6 is 0 Å². The number of hydrogen-bond acceptors (Lipinski definition) is 5. The van der Waals surface area contributed by atoms with E-state index in [1.807, 2.05) is 0 Å². The van der Waals surface area contributed by atoms with E-state index in [1.54, 1.807) is 0 Å². The average Bonchev–Trinajstić information content (AvgIpc) is 2.57. The molecule has 8 nitrogen and oxygen atoms in total. The summed E-state index contributed by atoms with van der Waals surface area (Å²) >= 11 is 0. The summed E-state index contributed by atoms with van der Waals surface area (Å²) in [6.45, 7) is -0.400. The molecule has 82 valence electrons. The van der Waals surface area contributed by atoms with E-state index in [2.05, 4.69) is 15.3 Å². The third kappa shape index (κ3) is 1.56. The average molecular weight is 221 g/mol. The maximum Gasteiger partial charge on any atom is 0.325 e. The SMILES string of the molecule is NC(=O)c1nn(CC(=O)O)c2nnccc12. The quantitative estimate of drug-likeness (QED) is 0.685. The summed E-state index contributed by atoms with van der Waals surface area (Å²) in [5.41, 5.74) is 5.33. The standard InChI is InChI=1S/C8H7N5O3/c9-7(16)6-4-1-2-10-11-8(4)13(12-6)3-5(14)15/h1-2H,3H2,(H2,9,16)(H,14,15). The maximum atomic E-state index is 11.1. The summed E-state index contributed by atoms with van der Waals surface area (Å²) in [5, 5.41) is 20.1. The summed E-state index contributed by atoms with van der Waals surface area (Å²) in [4.78, 5) is 21.6. The highest BCUT2D eigenvalue weighted by Crippen LogP contribution is 2.14. The van der Waals surface area contributed by atoms with Crippen molar-refractivity contribution >= 4 is 22.9 Å². The van der Waals surface area contributed by atoms with Crippen LogP contribution in [0.25, 0.3) is 11.0 Å². The first-order valence-electron chi connectivity index (χ1n) is 4.29. The fourth-order valence-corrected chi connectivity index (χ4v) is 1.34. The minimum absolute atomic E-state index is 0.00819. The Labute approximate surface area is 88.7 Å². The molecule has 0 radical (unpaired) electrons. The lowest BCUT2D eigenvalue weighted by molar-refractivity contribution is -0.137. The van der Waals surface area contributed by atoms with Gasteiger partial charge in [0.15, 0.2) is 11.3 Å². The highest BCUT2D eigenvalue weighted by Gasteiger charge is 2.16. The molecular formula is C8H7N5O3. The molecule has 16 heavy (non-hydrogen) atoms. The molecule has 1 amide bonds. The predicted octanol–water partition coefficient (Wildman–Crippen LogP) is -0.990. The number of nitrogens with zero attached hydrogens (tertiary/aromatic N) is 4. The third-order valence-corrected chi connectivity index (χ3v) is 1.94. The molecule has 0 bridgehead atoms. The van der Waals surface area contributed by atoms with Gasteiger partial charge in [-0.05, 0) is 6.07 Å². The van der Waals surface area contributed by atoms with Gasteiger partial charge in [-0.3, -0.25) is 9.59 Å². The smallest absolute Gasteiger partial charge is 0.325 e. The number of carboxylic acids is 1. The van der Waals surface area contributed by atoms with Crippen molar-refractivity contribution in [3.05, 3.63) is 18.0 Å². The molecular weight excluding hydrogens is 214 g/mol. The monoisotopic (exact) mass is 221 g/mol. The summed E-state index contributed by atoms with van der Waals surface area (Å²) in [5.74, 6) is -1.83. The number of fused-ring (bicyclic) bond motifs is 1. The van der Waals surface area contributed by atoms with Crippen molar-refractivity contribution in [2.24, 2.45) is 5.73 Å². The van der Waals surface area contributed by atoms with E-state index in [1.165, 1.54) is 12.3 Å². The summed E-state index contributed by atoms with van der Waals surface area (Å²) in [6, 6.07) is 1.51. The number of carbonyl (C=O) groups is 2. The minimum atomic E-state index is -1.09. The molecule has 0 aromatic carbocycles. The van der Waals surface area contributed by atoms with Gasteiger partial charge in [0.1, 0.15) is 6.54 Å². The van der Waals surface area contributed by atoms with E-state index in [0.717, 1.165) is 4.68 Å². The van der Waals surface area contributed by atoms with Gasteiger partial charge in [-0.1, -0.05) is 0 Å². The molecule has 0 aliphatic rings. The zero-order chi connectivity index (χ0) is 11.7. The molecule has 0 atom stereocenters. The van der Waals surface area contributed by atoms with E-state index >= 15 is 0 Å². The molecule has 0 unspecified atom stereocenters. The van der Waals surface area contributed by atoms with Gasteiger partial charge in [0.25, 0.3) is 5.91 Å². The van der Waals surface area contributed by atoms with Gasteiger partial charge in [-0.15, -0.1) is 5.10 Å². The topological polar surface area (TPSA) is 124 Å². The number of carbonyl (C=O) groups excluding carboxylic acids is 1. The third-order valence-electron chi connectivity index (χ3n) is 1.94. The van der Waals surface area contributed by atoms with Crippen LogP contribution in [0.4, 0.5) is 0 Å². The van der Waals surface area contributed by atoms with E-state index in [-0.39, 0.29) is 11.3 Å². The molecule has 2 heterocycles. The van der Waals surface area contributed by atoms with Crippen LogP contribution in [0, 0.1) is 0 Å². The number of aliphatic carboxylic acids is 1. The highest BCUT2D eigenvalue weighted by molar-refractivity contribution is 6.03. The maximum absolute atomic E-state index is 11.1. The number of hydrogen-bond donors (Lipinski definition) is 2. The van der Waals surface area contributed by atoms with Gasteiger partial charge in [-0.25, -0.2) is 4.68 Å². The Kier molecular flexibility index (Phi) is 2.24. The van der Waals surface area contributed by atoms with Gasteiger partial charge in [-0.2, -0.15) is 10.2 Å². The fourth-order valence-electron chi connectivity index (χ4n) is 1.34.